The molecule has 0 bridgehead atoms. The summed E-state index contributed by atoms with van der Waals surface area (Å²) in [6.07, 6.45) is 1.15. The molecule has 8 heteroatoms. The lowest BCUT2D eigenvalue weighted by Crippen LogP contribution is -2.26. The van der Waals surface area contributed by atoms with E-state index in [4.69, 9.17) is 27.9 Å². The quantitative estimate of drug-likeness (QED) is 0.250. The SMILES string of the molecule is O=C(NCC#Cc1c[nH]c2nc(Cl)nc(Cl)c12)OCC1c2ccccc2-c2ccccc21. The van der Waals surface area contributed by atoms with E-state index in [-0.39, 0.29) is 29.5 Å². The molecule has 1 amide bonds. The van der Waals surface area contributed by atoms with Gasteiger partial charge < -0.3 is 15.0 Å². The highest BCUT2D eigenvalue weighted by atomic mass is 35.5. The van der Waals surface area contributed by atoms with Crippen LogP contribution < -0.4 is 5.32 Å². The summed E-state index contributed by atoms with van der Waals surface area (Å²) < 4.78 is 5.50. The van der Waals surface area contributed by atoms with E-state index in [2.05, 4.69) is 56.4 Å². The first-order valence-electron chi connectivity index (χ1n) is 9.89. The van der Waals surface area contributed by atoms with Crippen LogP contribution in [0.15, 0.2) is 54.7 Å². The number of alkyl carbamates (subject to hydrolysis) is 1. The minimum atomic E-state index is -0.520. The number of carbonyl (C=O) groups is 1. The Morgan fingerprint density at radius 3 is 2.47 bits per heavy atom. The van der Waals surface area contributed by atoms with Gasteiger partial charge in [-0.05, 0) is 33.9 Å². The Hall–Kier alpha value is -3.53. The van der Waals surface area contributed by atoms with E-state index in [0.29, 0.717) is 16.6 Å². The van der Waals surface area contributed by atoms with Crippen LogP contribution in [0.3, 0.4) is 0 Å². The molecule has 0 saturated heterocycles. The van der Waals surface area contributed by atoms with Crippen molar-refractivity contribution in [3.05, 3.63) is 81.9 Å². The lowest BCUT2D eigenvalue weighted by Gasteiger charge is -2.14. The van der Waals surface area contributed by atoms with Crippen molar-refractivity contribution in [1.82, 2.24) is 20.3 Å². The Labute approximate surface area is 193 Å². The molecule has 2 aromatic heterocycles. The van der Waals surface area contributed by atoms with Crippen LogP contribution in [0.1, 0.15) is 22.6 Å². The van der Waals surface area contributed by atoms with Crippen LogP contribution in [-0.4, -0.2) is 34.2 Å². The average molecular weight is 463 g/mol. The van der Waals surface area contributed by atoms with Crippen molar-refractivity contribution in [1.29, 1.82) is 0 Å². The van der Waals surface area contributed by atoms with Crippen molar-refractivity contribution in [3.63, 3.8) is 0 Å². The number of aromatic amines is 1. The number of halogens is 2. The van der Waals surface area contributed by atoms with Gasteiger partial charge in [-0.1, -0.05) is 72.0 Å². The number of amides is 1. The second-order valence-corrected chi connectivity index (χ2v) is 7.89. The van der Waals surface area contributed by atoms with E-state index in [1.165, 1.54) is 22.3 Å². The number of nitrogens with zero attached hydrogens (tertiary/aromatic N) is 2. The topological polar surface area (TPSA) is 79.9 Å². The average Bonchev–Trinajstić information content (AvgIpc) is 3.34. The number of ether oxygens (including phenoxy) is 1. The zero-order valence-corrected chi connectivity index (χ0v) is 18.2. The molecule has 158 valence electrons. The lowest BCUT2D eigenvalue weighted by atomic mass is 9.98. The van der Waals surface area contributed by atoms with Gasteiger partial charge >= 0.3 is 6.09 Å². The minimum Gasteiger partial charge on any atom is -0.449 e. The van der Waals surface area contributed by atoms with E-state index in [9.17, 15) is 4.79 Å². The van der Waals surface area contributed by atoms with Crippen molar-refractivity contribution in [2.75, 3.05) is 13.2 Å². The van der Waals surface area contributed by atoms with Crippen molar-refractivity contribution < 1.29 is 9.53 Å². The first-order valence-corrected chi connectivity index (χ1v) is 10.7. The maximum absolute atomic E-state index is 12.2. The summed E-state index contributed by atoms with van der Waals surface area (Å²) in [5.74, 6) is 5.84. The number of benzene rings is 2. The third kappa shape index (κ3) is 3.77. The molecule has 2 N–H and O–H groups in total. The molecule has 1 aliphatic rings. The van der Waals surface area contributed by atoms with Gasteiger partial charge in [0.15, 0.2) is 0 Å². The maximum Gasteiger partial charge on any atom is 0.407 e. The van der Waals surface area contributed by atoms with Crippen LogP contribution in [0, 0.1) is 11.8 Å². The van der Waals surface area contributed by atoms with E-state index in [0.717, 1.165) is 0 Å². The number of carbonyl (C=O) groups excluding carboxylic acids is 1. The standard InChI is InChI=1S/C24H16Cl2N4O2/c25-21-20-14(12-28-22(20)30-23(26)29-21)6-5-11-27-24(31)32-13-19-17-9-3-1-7-15(17)16-8-2-4-10-18(16)19/h1-4,7-10,12,19H,11,13H2,(H,27,31)(H,28,29,30). The molecular formula is C24H16Cl2N4O2. The van der Waals surface area contributed by atoms with E-state index in [1.807, 2.05) is 24.3 Å². The number of fused-ring (bicyclic) bond motifs is 4. The molecular weight excluding hydrogens is 447 g/mol. The van der Waals surface area contributed by atoms with Crippen molar-refractivity contribution in [2.45, 2.75) is 5.92 Å². The molecule has 0 spiro atoms. The van der Waals surface area contributed by atoms with Gasteiger partial charge in [-0.3, -0.25) is 0 Å². The van der Waals surface area contributed by atoms with Gasteiger partial charge in [-0.15, -0.1) is 0 Å². The highest BCUT2D eigenvalue weighted by molar-refractivity contribution is 6.36. The molecule has 0 aliphatic heterocycles. The monoisotopic (exact) mass is 462 g/mol. The Morgan fingerprint density at radius 1 is 1.06 bits per heavy atom. The Morgan fingerprint density at radius 2 is 1.75 bits per heavy atom. The van der Waals surface area contributed by atoms with Gasteiger partial charge in [-0.25, -0.2) is 9.78 Å². The molecule has 6 nitrogen and oxygen atoms in total. The lowest BCUT2D eigenvalue weighted by molar-refractivity contribution is 0.144. The van der Waals surface area contributed by atoms with Crippen LogP contribution in [-0.2, 0) is 4.74 Å². The molecule has 0 unspecified atom stereocenters. The second kappa shape index (κ2) is 8.54. The van der Waals surface area contributed by atoms with Crippen LogP contribution in [0.25, 0.3) is 22.2 Å². The molecule has 2 aromatic carbocycles. The van der Waals surface area contributed by atoms with Gasteiger partial charge in [0.25, 0.3) is 0 Å². The van der Waals surface area contributed by atoms with Gasteiger partial charge in [-0.2, -0.15) is 4.98 Å². The van der Waals surface area contributed by atoms with Crippen LogP contribution in [0.5, 0.6) is 0 Å². The van der Waals surface area contributed by atoms with Gasteiger partial charge in [0.05, 0.1) is 17.5 Å². The predicted octanol–water partition coefficient (Wildman–Crippen LogP) is 5.15. The predicted molar refractivity (Wildman–Crippen MR) is 124 cm³/mol. The van der Waals surface area contributed by atoms with Crippen LogP contribution in [0.4, 0.5) is 4.79 Å². The zero-order valence-electron chi connectivity index (χ0n) is 16.7. The molecule has 0 radical (unpaired) electrons. The fraction of sp³-hybridized carbons (Fsp3) is 0.125. The number of hydrogen-bond donors (Lipinski definition) is 2. The molecule has 0 fully saturated rings. The molecule has 0 saturated carbocycles. The zero-order chi connectivity index (χ0) is 22.1. The summed E-state index contributed by atoms with van der Waals surface area (Å²) >= 11 is 11.9. The summed E-state index contributed by atoms with van der Waals surface area (Å²) in [5, 5.41) is 3.52. The number of hydrogen-bond acceptors (Lipinski definition) is 4. The van der Waals surface area contributed by atoms with Gasteiger partial charge in [0, 0.05) is 12.1 Å². The molecule has 2 heterocycles. The molecule has 32 heavy (non-hydrogen) atoms. The summed E-state index contributed by atoms with van der Waals surface area (Å²) in [7, 11) is 0. The maximum atomic E-state index is 12.2. The summed E-state index contributed by atoms with van der Waals surface area (Å²) in [6.45, 7) is 0.374. The summed E-state index contributed by atoms with van der Waals surface area (Å²) in [5.41, 5.74) is 5.83. The number of aromatic nitrogens is 3. The number of H-pyrrole nitrogens is 1. The van der Waals surface area contributed by atoms with Crippen molar-refractivity contribution in [2.24, 2.45) is 0 Å². The Balaban J connectivity index is 1.21. The molecule has 5 rings (SSSR count). The van der Waals surface area contributed by atoms with Crippen LogP contribution >= 0.6 is 23.2 Å². The van der Waals surface area contributed by atoms with Gasteiger partial charge in [0.2, 0.25) is 5.28 Å². The Bertz CT molecular complexity index is 1360. The van der Waals surface area contributed by atoms with E-state index >= 15 is 0 Å². The number of rotatable bonds is 3. The van der Waals surface area contributed by atoms with Crippen molar-refractivity contribution in [3.8, 4) is 23.0 Å². The highest BCUT2D eigenvalue weighted by Gasteiger charge is 2.28. The number of nitrogens with one attached hydrogen (secondary N) is 2. The first-order chi connectivity index (χ1) is 15.6. The largest absolute Gasteiger partial charge is 0.449 e. The molecule has 1 aliphatic carbocycles. The summed E-state index contributed by atoms with van der Waals surface area (Å²) in [6, 6.07) is 16.4. The first kappa shape index (κ1) is 20.4. The minimum absolute atomic E-state index is 0.0134. The molecule has 4 aromatic rings. The smallest absolute Gasteiger partial charge is 0.407 e. The third-order valence-corrected chi connectivity index (χ3v) is 5.79. The third-order valence-electron chi connectivity index (χ3n) is 5.35. The summed E-state index contributed by atoms with van der Waals surface area (Å²) in [4.78, 5) is 23.2. The van der Waals surface area contributed by atoms with E-state index in [1.54, 1.807) is 6.20 Å². The second-order valence-electron chi connectivity index (χ2n) is 7.19. The molecule has 0 atom stereocenters. The van der Waals surface area contributed by atoms with Crippen LogP contribution in [0.2, 0.25) is 10.4 Å². The fourth-order valence-corrected chi connectivity index (χ4v) is 4.45. The van der Waals surface area contributed by atoms with Crippen molar-refractivity contribution >= 4 is 40.3 Å². The Kier molecular flexibility index (Phi) is 5.44. The van der Waals surface area contributed by atoms with E-state index < -0.39 is 6.09 Å². The normalized spacial score (nSPS) is 12.1. The fourth-order valence-electron chi connectivity index (χ4n) is 3.97. The highest BCUT2D eigenvalue weighted by Crippen LogP contribution is 2.44. The van der Waals surface area contributed by atoms with Gasteiger partial charge in [0.1, 0.15) is 17.4 Å².